The van der Waals surface area contributed by atoms with Crippen molar-refractivity contribution in [2.24, 2.45) is 11.1 Å². The van der Waals surface area contributed by atoms with Gasteiger partial charge in [-0.3, -0.25) is 0 Å². The second kappa shape index (κ2) is 5.09. The summed E-state index contributed by atoms with van der Waals surface area (Å²) in [4.78, 5) is 14.0. The van der Waals surface area contributed by atoms with E-state index < -0.39 is 0 Å². The number of likely N-dealkylation sites (tertiary alicyclic amines) is 1. The van der Waals surface area contributed by atoms with E-state index in [9.17, 15) is 4.79 Å². The summed E-state index contributed by atoms with van der Waals surface area (Å²) in [5.41, 5.74) is 7.25. The zero-order valence-electron chi connectivity index (χ0n) is 11.9. The largest absolute Gasteiger partial charge is 0.361 e. The maximum Gasteiger partial charge on any atom is 0.317 e. The molecule has 3 rings (SSSR count). The van der Waals surface area contributed by atoms with Crippen molar-refractivity contribution < 1.29 is 9.32 Å². The number of aromatic nitrogens is 1. The van der Waals surface area contributed by atoms with Crippen molar-refractivity contribution in [2.45, 2.75) is 38.6 Å². The highest BCUT2D eigenvalue weighted by atomic mass is 16.5. The number of nitrogens with zero attached hydrogens (tertiary/aromatic N) is 2. The van der Waals surface area contributed by atoms with Crippen molar-refractivity contribution in [3.8, 4) is 0 Å². The average molecular weight is 278 g/mol. The van der Waals surface area contributed by atoms with E-state index in [4.69, 9.17) is 10.3 Å². The molecule has 2 fully saturated rings. The Hall–Kier alpha value is -1.56. The minimum atomic E-state index is -0.0135. The first-order valence-corrected chi connectivity index (χ1v) is 7.30. The topological polar surface area (TPSA) is 84.4 Å². The molecule has 1 aromatic rings. The molecule has 0 aromatic carbocycles. The summed E-state index contributed by atoms with van der Waals surface area (Å²) in [5.74, 6) is 0.802. The smallest absolute Gasteiger partial charge is 0.317 e. The lowest BCUT2D eigenvalue weighted by molar-refractivity contribution is 0.125. The third kappa shape index (κ3) is 2.40. The van der Waals surface area contributed by atoms with E-state index in [1.165, 1.54) is 6.42 Å². The molecular formula is C14H22N4O2. The van der Waals surface area contributed by atoms with Gasteiger partial charge in [0.1, 0.15) is 5.76 Å². The van der Waals surface area contributed by atoms with Crippen molar-refractivity contribution in [3.05, 3.63) is 17.5 Å². The highest BCUT2D eigenvalue weighted by molar-refractivity contribution is 5.74. The Morgan fingerprint density at radius 3 is 3.00 bits per heavy atom. The van der Waals surface area contributed by atoms with E-state index in [-0.39, 0.29) is 17.5 Å². The Morgan fingerprint density at radius 2 is 2.45 bits per heavy atom. The first-order valence-electron chi connectivity index (χ1n) is 7.30. The van der Waals surface area contributed by atoms with Crippen LogP contribution in [0.4, 0.5) is 4.79 Å². The lowest BCUT2D eigenvalue weighted by Crippen LogP contribution is -2.45. The molecular weight excluding hydrogens is 256 g/mol. The molecule has 2 amide bonds. The van der Waals surface area contributed by atoms with E-state index in [2.05, 4.69) is 10.5 Å². The van der Waals surface area contributed by atoms with Gasteiger partial charge in [-0.15, -0.1) is 0 Å². The molecule has 1 aromatic heterocycles. The quantitative estimate of drug-likeness (QED) is 0.865. The summed E-state index contributed by atoms with van der Waals surface area (Å²) in [5, 5.41) is 6.76. The second-order valence-electron chi connectivity index (χ2n) is 6.12. The van der Waals surface area contributed by atoms with Gasteiger partial charge in [-0.2, -0.15) is 0 Å². The molecule has 1 unspecified atom stereocenters. The molecule has 1 saturated carbocycles. The molecule has 0 radical (unpaired) electrons. The number of rotatable bonds is 3. The van der Waals surface area contributed by atoms with Crippen LogP contribution in [0.3, 0.4) is 0 Å². The normalized spacial score (nSPS) is 23.9. The van der Waals surface area contributed by atoms with Crippen molar-refractivity contribution in [2.75, 3.05) is 19.6 Å². The van der Waals surface area contributed by atoms with Crippen LogP contribution in [0, 0.1) is 12.3 Å². The molecule has 1 saturated heterocycles. The van der Waals surface area contributed by atoms with Gasteiger partial charge in [0.2, 0.25) is 0 Å². The molecule has 6 heteroatoms. The second-order valence-corrected chi connectivity index (χ2v) is 6.12. The van der Waals surface area contributed by atoms with Crippen LogP contribution >= 0.6 is 0 Å². The van der Waals surface area contributed by atoms with Gasteiger partial charge in [0, 0.05) is 43.6 Å². The van der Waals surface area contributed by atoms with Gasteiger partial charge in [0.05, 0.1) is 5.69 Å². The fraction of sp³-hybridized carbons (Fsp3) is 0.714. The van der Waals surface area contributed by atoms with Crippen LogP contribution in [-0.4, -0.2) is 41.8 Å². The van der Waals surface area contributed by atoms with Gasteiger partial charge in [-0.05, 0) is 19.8 Å². The van der Waals surface area contributed by atoms with Crippen LogP contribution in [0.5, 0.6) is 0 Å². The molecule has 1 spiro atoms. The summed E-state index contributed by atoms with van der Waals surface area (Å²) in [6.07, 6.45) is 4.23. The Bertz CT molecular complexity index is 495. The van der Waals surface area contributed by atoms with Crippen molar-refractivity contribution in [1.82, 2.24) is 15.4 Å². The molecule has 3 N–H and O–H groups in total. The Balaban J connectivity index is 1.45. The number of nitrogens with one attached hydrogen (secondary N) is 1. The number of carbonyl (C=O) groups is 1. The molecule has 6 nitrogen and oxygen atoms in total. The summed E-state index contributed by atoms with van der Waals surface area (Å²) < 4.78 is 5.11. The molecule has 20 heavy (non-hydrogen) atoms. The van der Waals surface area contributed by atoms with Gasteiger partial charge in [-0.1, -0.05) is 11.6 Å². The van der Waals surface area contributed by atoms with Crippen LogP contribution < -0.4 is 11.1 Å². The summed E-state index contributed by atoms with van der Waals surface area (Å²) in [6.45, 7) is 3.93. The number of urea groups is 1. The average Bonchev–Trinajstić information content (AvgIpc) is 2.92. The van der Waals surface area contributed by atoms with Gasteiger partial charge < -0.3 is 20.5 Å². The van der Waals surface area contributed by atoms with Gasteiger partial charge in [0.15, 0.2) is 0 Å². The first-order chi connectivity index (χ1) is 9.59. The maximum absolute atomic E-state index is 12.1. The lowest BCUT2D eigenvalue weighted by atomic mass is 9.66. The Labute approximate surface area is 118 Å². The summed E-state index contributed by atoms with van der Waals surface area (Å²) >= 11 is 0. The van der Waals surface area contributed by atoms with Crippen LogP contribution in [0.25, 0.3) is 0 Å². The third-order valence-electron chi connectivity index (χ3n) is 4.67. The minimum absolute atomic E-state index is 0.0135. The fourth-order valence-corrected chi connectivity index (χ4v) is 3.25. The molecule has 110 valence electrons. The minimum Gasteiger partial charge on any atom is -0.361 e. The van der Waals surface area contributed by atoms with E-state index in [1.54, 1.807) is 0 Å². The van der Waals surface area contributed by atoms with Crippen molar-refractivity contribution in [1.29, 1.82) is 0 Å². The van der Waals surface area contributed by atoms with E-state index in [1.807, 2.05) is 17.9 Å². The molecule has 2 heterocycles. The summed E-state index contributed by atoms with van der Waals surface area (Å²) in [7, 11) is 0. The van der Waals surface area contributed by atoms with E-state index in [0.29, 0.717) is 19.5 Å². The number of amides is 2. The predicted octanol–water partition coefficient (Wildman–Crippen LogP) is 1.05. The number of nitrogens with two attached hydrogens (primary N) is 1. The van der Waals surface area contributed by atoms with E-state index in [0.717, 1.165) is 30.8 Å². The van der Waals surface area contributed by atoms with Crippen LogP contribution in [0.2, 0.25) is 0 Å². The van der Waals surface area contributed by atoms with Gasteiger partial charge >= 0.3 is 6.03 Å². The van der Waals surface area contributed by atoms with Crippen molar-refractivity contribution in [3.63, 3.8) is 0 Å². The zero-order valence-corrected chi connectivity index (χ0v) is 11.9. The van der Waals surface area contributed by atoms with Crippen LogP contribution in [0.1, 0.15) is 30.7 Å². The zero-order chi connectivity index (χ0) is 14.2. The molecule has 1 atom stereocenters. The number of aryl methyl sites for hydroxylation is 1. The highest BCUT2D eigenvalue weighted by Gasteiger charge is 2.49. The van der Waals surface area contributed by atoms with Gasteiger partial charge in [-0.25, -0.2) is 4.79 Å². The number of hydrogen-bond acceptors (Lipinski definition) is 4. The SMILES string of the molecule is Cc1cc(CCNC(=O)N2CC(N)C3(CCC3)C2)on1. The van der Waals surface area contributed by atoms with Crippen molar-refractivity contribution >= 4 is 6.03 Å². The first kappa shape index (κ1) is 13.4. The Morgan fingerprint density at radius 1 is 1.65 bits per heavy atom. The molecule has 2 aliphatic rings. The summed E-state index contributed by atoms with van der Waals surface area (Å²) in [6, 6.07) is 2.01. The molecule has 1 aliphatic heterocycles. The standard InChI is InChI=1S/C14H22N4O2/c1-10-7-11(20-17-10)3-6-16-13(19)18-8-12(15)14(9-18)4-2-5-14/h7,12H,2-6,8-9,15H2,1H3,(H,16,19). The predicted molar refractivity (Wildman–Crippen MR) is 74.2 cm³/mol. The van der Waals surface area contributed by atoms with Crippen LogP contribution in [0.15, 0.2) is 10.6 Å². The third-order valence-corrected chi connectivity index (χ3v) is 4.67. The highest BCUT2D eigenvalue weighted by Crippen LogP contribution is 2.47. The number of carbonyl (C=O) groups excluding carboxylic acids is 1. The maximum atomic E-state index is 12.1. The fourth-order valence-electron chi connectivity index (χ4n) is 3.25. The van der Waals surface area contributed by atoms with Gasteiger partial charge in [0.25, 0.3) is 0 Å². The molecule has 1 aliphatic carbocycles. The Kier molecular flexibility index (Phi) is 3.41. The lowest BCUT2D eigenvalue weighted by Gasteiger charge is -2.41. The monoisotopic (exact) mass is 278 g/mol. The van der Waals surface area contributed by atoms with E-state index >= 15 is 0 Å². The number of hydrogen-bond donors (Lipinski definition) is 2. The van der Waals surface area contributed by atoms with Crippen LogP contribution in [-0.2, 0) is 6.42 Å². The molecule has 0 bridgehead atoms.